The maximum absolute atomic E-state index is 12.9. The van der Waals surface area contributed by atoms with Gasteiger partial charge in [0.05, 0.1) is 16.0 Å². The van der Waals surface area contributed by atoms with Crippen LogP contribution in [0.4, 0.5) is 0 Å². The first-order valence-corrected chi connectivity index (χ1v) is 8.64. The summed E-state index contributed by atoms with van der Waals surface area (Å²) in [5.41, 5.74) is 1.19. The third-order valence-electron chi connectivity index (χ3n) is 3.92. The lowest BCUT2D eigenvalue weighted by atomic mass is 10.1. The average molecular weight is 279 g/mol. The van der Waals surface area contributed by atoms with E-state index in [1.807, 2.05) is 12.1 Å². The highest BCUT2D eigenvalue weighted by molar-refractivity contribution is 7.85. The molecule has 1 N–H and O–H groups in total. The molecule has 0 aromatic heterocycles. The highest BCUT2D eigenvalue weighted by atomic mass is 32.2. The maximum Gasteiger partial charge on any atom is 0.0576 e. The third kappa shape index (κ3) is 3.90. The van der Waals surface area contributed by atoms with Crippen molar-refractivity contribution in [2.75, 3.05) is 6.54 Å². The molecule has 106 valence electrons. The number of hydrogen-bond acceptors (Lipinski definition) is 2. The predicted octanol–water partition coefficient (Wildman–Crippen LogP) is 3.41. The van der Waals surface area contributed by atoms with Crippen LogP contribution in [-0.4, -0.2) is 22.0 Å². The standard InChI is InChI=1S/C16H25NOS/c1-3-17-15-10-5-4-6-11-16(15)19(18)14-9-7-8-13(2)12-14/h7-9,12,15-17H,3-6,10-11H2,1-2H3. The van der Waals surface area contributed by atoms with Gasteiger partial charge in [0.25, 0.3) is 0 Å². The first-order chi connectivity index (χ1) is 9.22. The van der Waals surface area contributed by atoms with Crippen LogP contribution in [0.3, 0.4) is 0 Å². The summed E-state index contributed by atoms with van der Waals surface area (Å²) in [5.74, 6) is 0. The normalized spacial score (nSPS) is 25.8. The lowest BCUT2D eigenvalue weighted by Crippen LogP contribution is -2.41. The second-order valence-corrected chi connectivity index (χ2v) is 7.13. The maximum atomic E-state index is 12.9. The van der Waals surface area contributed by atoms with Crippen LogP contribution in [0.1, 0.15) is 44.6 Å². The highest BCUT2D eigenvalue weighted by Crippen LogP contribution is 2.26. The Morgan fingerprint density at radius 2 is 2.05 bits per heavy atom. The highest BCUT2D eigenvalue weighted by Gasteiger charge is 2.28. The summed E-state index contributed by atoms with van der Waals surface area (Å²) >= 11 is 0. The molecule has 1 aliphatic carbocycles. The molecule has 0 heterocycles. The fourth-order valence-electron chi connectivity index (χ4n) is 2.94. The Labute approximate surface area is 119 Å². The lowest BCUT2D eigenvalue weighted by molar-refractivity contribution is 0.474. The fourth-order valence-corrected chi connectivity index (χ4v) is 4.72. The van der Waals surface area contributed by atoms with Crippen LogP contribution in [0, 0.1) is 6.92 Å². The Hall–Kier alpha value is -0.670. The van der Waals surface area contributed by atoms with Crippen LogP contribution in [0.2, 0.25) is 0 Å². The molecule has 0 aliphatic heterocycles. The molecule has 3 atom stereocenters. The van der Waals surface area contributed by atoms with Crippen LogP contribution in [-0.2, 0) is 10.8 Å². The SMILES string of the molecule is CCNC1CCCCCC1S(=O)c1cccc(C)c1. The van der Waals surface area contributed by atoms with Gasteiger partial charge in [0.1, 0.15) is 0 Å². The van der Waals surface area contributed by atoms with Gasteiger partial charge in [-0.1, -0.05) is 38.3 Å². The van der Waals surface area contributed by atoms with Crippen molar-refractivity contribution in [2.45, 2.75) is 62.1 Å². The summed E-state index contributed by atoms with van der Waals surface area (Å²) in [4.78, 5) is 0.995. The quantitative estimate of drug-likeness (QED) is 0.856. The van der Waals surface area contributed by atoms with Crippen molar-refractivity contribution < 1.29 is 4.21 Å². The molecular weight excluding hydrogens is 254 g/mol. The summed E-state index contributed by atoms with van der Waals surface area (Å²) in [6.45, 7) is 5.17. The summed E-state index contributed by atoms with van der Waals surface area (Å²) in [6, 6.07) is 8.58. The zero-order valence-electron chi connectivity index (χ0n) is 12.0. The fraction of sp³-hybridized carbons (Fsp3) is 0.625. The molecule has 0 spiro atoms. The minimum Gasteiger partial charge on any atom is -0.313 e. The Morgan fingerprint density at radius 3 is 2.79 bits per heavy atom. The zero-order valence-corrected chi connectivity index (χ0v) is 12.8. The minimum absolute atomic E-state index is 0.268. The van der Waals surface area contributed by atoms with Gasteiger partial charge < -0.3 is 5.32 Å². The molecule has 2 rings (SSSR count). The Bertz CT molecular complexity index is 433. The first kappa shape index (κ1) is 14.7. The van der Waals surface area contributed by atoms with Crippen molar-refractivity contribution in [3.63, 3.8) is 0 Å². The molecule has 0 bridgehead atoms. The Balaban J connectivity index is 2.18. The molecule has 3 unspecified atom stereocenters. The summed E-state index contributed by atoms with van der Waals surface area (Å²) < 4.78 is 12.9. The Kier molecular flexibility index (Phi) is 5.59. The average Bonchev–Trinajstić information content (AvgIpc) is 2.64. The van der Waals surface area contributed by atoms with Gasteiger partial charge in [-0.3, -0.25) is 4.21 Å². The van der Waals surface area contributed by atoms with Crippen LogP contribution < -0.4 is 5.32 Å². The van der Waals surface area contributed by atoms with E-state index in [0.29, 0.717) is 6.04 Å². The molecule has 1 aliphatic rings. The van der Waals surface area contributed by atoms with E-state index >= 15 is 0 Å². The van der Waals surface area contributed by atoms with Gasteiger partial charge in [-0.15, -0.1) is 0 Å². The van der Waals surface area contributed by atoms with Crippen molar-refractivity contribution in [1.82, 2.24) is 5.32 Å². The first-order valence-electron chi connectivity index (χ1n) is 7.43. The number of hydrogen-bond donors (Lipinski definition) is 1. The van der Waals surface area contributed by atoms with E-state index in [4.69, 9.17) is 0 Å². The molecule has 1 aromatic rings. The van der Waals surface area contributed by atoms with E-state index in [9.17, 15) is 4.21 Å². The van der Waals surface area contributed by atoms with E-state index in [1.54, 1.807) is 0 Å². The second-order valence-electron chi connectivity index (χ2n) is 5.45. The van der Waals surface area contributed by atoms with Gasteiger partial charge >= 0.3 is 0 Å². The predicted molar refractivity (Wildman–Crippen MR) is 81.9 cm³/mol. The van der Waals surface area contributed by atoms with Gasteiger partial charge in [0, 0.05) is 10.9 Å². The van der Waals surface area contributed by atoms with E-state index in [2.05, 4.69) is 31.3 Å². The van der Waals surface area contributed by atoms with Crippen LogP contribution in [0.25, 0.3) is 0 Å². The van der Waals surface area contributed by atoms with Crippen LogP contribution in [0.15, 0.2) is 29.2 Å². The van der Waals surface area contributed by atoms with Crippen molar-refractivity contribution in [2.24, 2.45) is 0 Å². The van der Waals surface area contributed by atoms with Crippen molar-refractivity contribution in [3.05, 3.63) is 29.8 Å². The largest absolute Gasteiger partial charge is 0.313 e. The molecule has 3 heteroatoms. The molecule has 2 nitrogen and oxygen atoms in total. The van der Waals surface area contributed by atoms with E-state index in [0.717, 1.165) is 24.3 Å². The minimum atomic E-state index is -0.885. The third-order valence-corrected chi connectivity index (χ3v) is 5.75. The van der Waals surface area contributed by atoms with Crippen molar-refractivity contribution in [1.29, 1.82) is 0 Å². The number of nitrogens with one attached hydrogen (secondary N) is 1. The van der Waals surface area contributed by atoms with Gasteiger partial charge in [0.15, 0.2) is 0 Å². The van der Waals surface area contributed by atoms with Crippen LogP contribution in [0.5, 0.6) is 0 Å². The molecule has 19 heavy (non-hydrogen) atoms. The summed E-state index contributed by atoms with van der Waals surface area (Å²) in [6.07, 6.45) is 6.00. The number of rotatable bonds is 4. The van der Waals surface area contributed by atoms with Gasteiger partial charge in [-0.2, -0.15) is 0 Å². The molecule has 1 fully saturated rings. The topological polar surface area (TPSA) is 29.1 Å². The van der Waals surface area contributed by atoms with E-state index in [1.165, 1.54) is 24.8 Å². The van der Waals surface area contributed by atoms with Gasteiger partial charge in [-0.05, 0) is 44.0 Å². The number of aryl methyl sites for hydroxylation is 1. The molecule has 0 saturated heterocycles. The summed E-state index contributed by atoms with van der Waals surface area (Å²) in [7, 11) is -0.885. The van der Waals surface area contributed by atoms with Gasteiger partial charge in [-0.25, -0.2) is 0 Å². The smallest absolute Gasteiger partial charge is 0.0576 e. The Morgan fingerprint density at radius 1 is 1.26 bits per heavy atom. The lowest BCUT2D eigenvalue weighted by Gasteiger charge is -2.25. The zero-order chi connectivity index (χ0) is 13.7. The molecule has 0 amide bonds. The summed E-state index contributed by atoms with van der Waals surface area (Å²) in [5, 5.41) is 3.81. The van der Waals surface area contributed by atoms with E-state index in [-0.39, 0.29) is 5.25 Å². The van der Waals surface area contributed by atoms with Gasteiger partial charge in [0.2, 0.25) is 0 Å². The molecule has 0 radical (unpaired) electrons. The number of benzene rings is 1. The molecule has 1 aromatic carbocycles. The monoisotopic (exact) mass is 279 g/mol. The van der Waals surface area contributed by atoms with E-state index < -0.39 is 10.8 Å². The van der Waals surface area contributed by atoms with Crippen LogP contribution >= 0.6 is 0 Å². The molecule has 1 saturated carbocycles. The van der Waals surface area contributed by atoms with Crippen molar-refractivity contribution >= 4 is 10.8 Å². The molecular formula is C16H25NOS. The van der Waals surface area contributed by atoms with Crippen molar-refractivity contribution in [3.8, 4) is 0 Å². The second kappa shape index (κ2) is 7.20.